The van der Waals surface area contributed by atoms with E-state index in [9.17, 15) is 4.79 Å². The number of hydrogen-bond acceptors (Lipinski definition) is 5. The fourth-order valence-corrected chi connectivity index (χ4v) is 3.61. The summed E-state index contributed by atoms with van der Waals surface area (Å²) in [6, 6.07) is 19.3. The second kappa shape index (κ2) is 8.31. The van der Waals surface area contributed by atoms with Crippen LogP contribution in [0.1, 0.15) is 12.0 Å². The zero-order valence-electron chi connectivity index (χ0n) is 15.5. The van der Waals surface area contributed by atoms with E-state index >= 15 is 0 Å². The zero-order chi connectivity index (χ0) is 19.3. The number of aromatic nitrogens is 4. The van der Waals surface area contributed by atoms with Gasteiger partial charge in [-0.05, 0) is 25.5 Å². The van der Waals surface area contributed by atoms with Crippen LogP contribution in [0.15, 0.2) is 70.6 Å². The summed E-state index contributed by atoms with van der Waals surface area (Å²) in [7, 11) is 0. The predicted octanol–water partition coefficient (Wildman–Crippen LogP) is 3.95. The summed E-state index contributed by atoms with van der Waals surface area (Å²) in [5.41, 5.74) is 2.48. The van der Waals surface area contributed by atoms with E-state index in [1.165, 1.54) is 11.6 Å². The lowest BCUT2D eigenvalue weighted by Crippen LogP contribution is -2.05. The van der Waals surface area contributed by atoms with Gasteiger partial charge in [0.05, 0.1) is 6.61 Å². The average molecular weight is 392 g/mol. The van der Waals surface area contributed by atoms with Crippen molar-refractivity contribution in [2.45, 2.75) is 18.5 Å². The molecule has 6 nitrogen and oxygen atoms in total. The van der Waals surface area contributed by atoms with Crippen LogP contribution in [0.5, 0.6) is 5.75 Å². The first kappa shape index (κ1) is 18.3. The Balaban J connectivity index is 1.49. The van der Waals surface area contributed by atoms with Gasteiger partial charge in [0.2, 0.25) is 0 Å². The van der Waals surface area contributed by atoms with Crippen molar-refractivity contribution in [3.05, 3.63) is 76.6 Å². The van der Waals surface area contributed by atoms with Crippen LogP contribution in [0.3, 0.4) is 0 Å². The van der Waals surface area contributed by atoms with E-state index < -0.39 is 0 Å². The number of aromatic amines is 1. The number of H-pyrrole nitrogens is 1. The molecule has 7 heteroatoms. The number of nitrogens with zero attached hydrogens (tertiary/aromatic N) is 3. The quantitative estimate of drug-likeness (QED) is 0.381. The summed E-state index contributed by atoms with van der Waals surface area (Å²) < 4.78 is 7.37. The predicted molar refractivity (Wildman–Crippen MR) is 111 cm³/mol. The van der Waals surface area contributed by atoms with E-state index in [0.29, 0.717) is 23.2 Å². The lowest BCUT2D eigenvalue weighted by molar-refractivity contribution is 0.318. The first-order valence-electron chi connectivity index (χ1n) is 9.06. The van der Waals surface area contributed by atoms with Crippen molar-refractivity contribution < 1.29 is 4.74 Å². The molecule has 2 aromatic carbocycles. The van der Waals surface area contributed by atoms with Gasteiger partial charge in [-0.2, -0.15) is 0 Å². The van der Waals surface area contributed by atoms with Gasteiger partial charge in [0.1, 0.15) is 5.75 Å². The summed E-state index contributed by atoms with van der Waals surface area (Å²) in [5.74, 6) is 2.29. The minimum absolute atomic E-state index is 0.190. The molecule has 0 atom stereocenters. The lowest BCUT2D eigenvalue weighted by Gasteiger charge is -2.08. The number of benzene rings is 2. The molecule has 2 heterocycles. The molecule has 0 aliphatic heterocycles. The first-order valence-corrected chi connectivity index (χ1v) is 10.0. The van der Waals surface area contributed by atoms with E-state index in [1.807, 2.05) is 61.5 Å². The van der Waals surface area contributed by atoms with Gasteiger partial charge in [-0.3, -0.25) is 9.89 Å². The molecule has 0 amide bonds. The third-order valence-corrected chi connectivity index (χ3v) is 5.19. The molecular formula is C21H20N4O2S. The van der Waals surface area contributed by atoms with E-state index in [2.05, 4.69) is 15.1 Å². The largest absolute Gasteiger partial charge is 0.494 e. The highest BCUT2D eigenvalue weighted by Gasteiger charge is 2.11. The Bertz CT molecular complexity index is 1120. The van der Waals surface area contributed by atoms with E-state index in [-0.39, 0.29) is 5.56 Å². The summed E-state index contributed by atoms with van der Waals surface area (Å²) >= 11 is 1.57. The fraction of sp³-hybridized carbons (Fsp3) is 0.190. The van der Waals surface area contributed by atoms with E-state index in [4.69, 9.17) is 4.74 Å². The maximum atomic E-state index is 11.8. The van der Waals surface area contributed by atoms with Crippen LogP contribution in [-0.2, 0) is 0 Å². The number of nitrogens with one attached hydrogen (secondary N) is 1. The Labute approximate surface area is 166 Å². The monoisotopic (exact) mass is 392 g/mol. The van der Waals surface area contributed by atoms with Crippen LogP contribution in [0.4, 0.5) is 0 Å². The smallest absolute Gasteiger partial charge is 0.266 e. The van der Waals surface area contributed by atoms with Crippen molar-refractivity contribution >= 4 is 17.4 Å². The Hall–Kier alpha value is -3.06. The molecule has 1 N–H and O–H groups in total. The SMILES string of the molecule is Cc1ccc(-c2nc(SCCCOc3ccccc3)n3[nH]c(=O)cc3n2)cc1. The highest BCUT2D eigenvalue weighted by Crippen LogP contribution is 2.22. The normalized spacial score (nSPS) is 11.0. The maximum Gasteiger partial charge on any atom is 0.266 e. The lowest BCUT2D eigenvalue weighted by atomic mass is 10.1. The number of hydrogen-bond donors (Lipinski definition) is 1. The molecule has 0 radical (unpaired) electrons. The van der Waals surface area contributed by atoms with Gasteiger partial charge < -0.3 is 4.74 Å². The van der Waals surface area contributed by atoms with Gasteiger partial charge in [0, 0.05) is 17.4 Å². The van der Waals surface area contributed by atoms with Crippen molar-refractivity contribution in [3.63, 3.8) is 0 Å². The van der Waals surface area contributed by atoms with Crippen molar-refractivity contribution in [1.82, 2.24) is 19.6 Å². The Morgan fingerprint density at radius 1 is 1.07 bits per heavy atom. The van der Waals surface area contributed by atoms with Crippen molar-refractivity contribution in [1.29, 1.82) is 0 Å². The summed E-state index contributed by atoms with van der Waals surface area (Å²) in [4.78, 5) is 21.0. The standard InChI is InChI=1S/C21H20N4O2S/c1-15-8-10-16(11-9-15)20-22-18-14-19(26)24-25(18)21(23-20)28-13-5-12-27-17-6-3-2-4-7-17/h2-4,6-11,14H,5,12-13H2,1H3,(H,24,26). The number of para-hydroxylation sites is 1. The molecule has 0 saturated heterocycles. The van der Waals surface area contributed by atoms with Crippen LogP contribution in [-0.4, -0.2) is 31.9 Å². The third kappa shape index (κ3) is 4.26. The van der Waals surface area contributed by atoms with Gasteiger partial charge in [0.15, 0.2) is 16.6 Å². The molecule has 0 unspecified atom stereocenters. The zero-order valence-corrected chi connectivity index (χ0v) is 16.3. The molecule has 4 rings (SSSR count). The van der Waals surface area contributed by atoms with E-state index in [0.717, 1.165) is 23.5 Å². The molecule has 142 valence electrons. The van der Waals surface area contributed by atoms with Gasteiger partial charge in [-0.25, -0.2) is 14.5 Å². The van der Waals surface area contributed by atoms with Crippen molar-refractivity contribution in [3.8, 4) is 17.1 Å². The van der Waals surface area contributed by atoms with Gasteiger partial charge >= 0.3 is 0 Å². The summed E-state index contributed by atoms with van der Waals surface area (Å²) in [6.07, 6.45) is 0.858. The van der Waals surface area contributed by atoms with Crippen molar-refractivity contribution in [2.75, 3.05) is 12.4 Å². The molecule has 0 fully saturated rings. The molecule has 2 aromatic heterocycles. The number of ether oxygens (including phenoxy) is 1. The Kier molecular flexibility index (Phi) is 5.43. The Morgan fingerprint density at radius 3 is 2.64 bits per heavy atom. The van der Waals surface area contributed by atoms with Crippen LogP contribution < -0.4 is 10.3 Å². The van der Waals surface area contributed by atoms with Crippen LogP contribution in [0.25, 0.3) is 17.0 Å². The molecule has 0 saturated carbocycles. The van der Waals surface area contributed by atoms with Crippen molar-refractivity contribution in [2.24, 2.45) is 0 Å². The van der Waals surface area contributed by atoms with Gasteiger partial charge in [0.25, 0.3) is 5.56 Å². The summed E-state index contributed by atoms with van der Waals surface area (Å²) in [5, 5.41) is 3.48. The van der Waals surface area contributed by atoms with E-state index in [1.54, 1.807) is 16.3 Å². The number of aryl methyl sites for hydroxylation is 1. The Morgan fingerprint density at radius 2 is 1.86 bits per heavy atom. The van der Waals surface area contributed by atoms with Crippen LogP contribution in [0.2, 0.25) is 0 Å². The summed E-state index contributed by atoms with van der Waals surface area (Å²) in [6.45, 7) is 2.66. The highest BCUT2D eigenvalue weighted by atomic mass is 32.2. The number of rotatable bonds is 7. The molecule has 4 aromatic rings. The number of thioether (sulfide) groups is 1. The molecule has 0 spiro atoms. The van der Waals surface area contributed by atoms with Crippen LogP contribution in [0, 0.1) is 6.92 Å². The molecule has 0 bridgehead atoms. The average Bonchev–Trinajstić information content (AvgIpc) is 3.09. The van der Waals surface area contributed by atoms with Gasteiger partial charge in [-0.15, -0.1) is 0 Å². The first-order chi connectivity index (χ1) is 13.7. The molecule has 28 heavy (non-hydrogen) atoms. The van der Waals surface area contributed by atoms with Crippen LogP contribution >= 0.6 is 11.8 Å². The molecular weight excluding hydrogens is 372 g/mol. The highest BCUT2D eigenvalue weighted by molar-refractivity contribution is 7.99. The molecule has 0 aliphatic rings. The fourth-order valence-electron chi connectivity index (χ4n) is 2.74. The second-order valence-corrected chi connectivity index (χ2v) is 7.44. The third-order valence-electron chi connectivity index (χ3n) is 4.17. The minimum Gasteiger partial charge on any atom is -0.494 e. The second-order valence-electron chi connectivity index (χ2n) is 6.37. The maximum absolute atomic E-state index is 11.8. The molecule has 0 aliphatic carbocycles. The topological polar surface area (TPSA) is 72.3 Å². The van der Waals surface area contributed by atoms with Gasteiger partial charge in [-0.1, -0.05) is 59.8 Å². The minimum atomic E-state index is -0.190. The number of fused-ring (bicyclic) bond motifs is 1.